The summed E-state index contributed by atoms with van der Waals surface area (Å²) in [4.78, 5) is 31.0. The molecule has 0 aromatic heterocycles. The fraction of sp³-hybridized carbons (Fsp3) is 0.714. The monoisotopic (exact) mass is 500 g/mol. The number of hydrogen-bond acceptors (Lipinski definition) is 6. The third-order valence-electron chi connectivity index (χ3n) is 7.89. The number of piperidine rings is 1. The van der Waals surface area contributed by atoms with Crippen molar-refractivity contribution in [2.24, 2.45) is 17.8 Å². The lowest BCUT2D eigenvalue weighted by molar-refractivity contribution is -0.120. The first-order valence-corrected chi connectivity index (χ1v) is 13.7. The van der Waals surface area contributed by atoms with Crippen LogP contribution in [0.2, 0.25) is 0 Å². The first kappa shape index (κ1) is 26.9. The van der Waals surface area contributed by atoms with Crippen LogP contribution in [0, 0.1) is 17.8 Å². The van der Waals surface area contributed by atoms with Gasteiger partial charge in [0, 0.05) is 50.7 Å². The number of carbonyl (C=O) groups is 2. The van der Waals surface area contributed by atoms with Crippen LogP contribution in [0.15, 0.2) is 18.2 Å². The van der Waals surface area contributed by atoms with E-state index in [4.69, 9.17) is 9.47 Å². The normalized spacial score (nSPS) is 24.3. The van der Waals surface area contributed by atoms with Gasteiger partial charge in [-0.1, -0.05) is 13.0 Å². The van der Waals surface area contributed by atoms with Gasteiger partial charge in [0.25, 0.3) is 5.91 Å². The fourth-order valence-corrected chi connectivity index (χ4v) is 5.60. The Bertz CT molecular complexity index is 896. The minimum atomic E-state index is -0.111. The van der Waals surface area contributed by atoms with Gasteiger partial charge in [-0.15, -0.1) is 0 Å². The van der Waals surface area contributed by atoms with Crippen molar-refractivity contribution < 1.29 is 19.1 Å². The van der Waals surface area contributed by atoms with Gasteiger partial charge in [0.05, 0.1) is 11.3 Å². The zero-order valence-electron chi connectivity index (χ0n) is 22.4. The maximum Gasteiger partial charge on any atom is 0.257 e. The number of anilines is 1. The molecule has 4 rings (SSSR count). The molecule has 0 radical (unpaired) electrons. The zero-order chi connectivity index (χ0) is 25.7. The molecule has 8 nitrogen and oxygen atoms in total. The average molecular weight is 501 g/mol. The second kappa shape index (κ2) is 12.4. The largest absolute Gasteiger partial charge is 0.486 e. The number of para-hydroxylation sites is 1. The Morgan fingerprint density at radius 3 is 2.58 bits per heavy atom. The first-order valence-electron chi connectivity index (χ1n) is 13.7. The summed E-state index contributed by atoms with van der Waals surface area (Å²) in [6.45, 7) is 12.1. The predicted molar refractivity (Wildman–Crippen MR) is 141 cm³/mol. The molecule has 0 aliphatic carbocycles. The topological polar surface area (TPSA) is 83.1 Å². The minimum Gasteiger partial charge on any atom is -0.486 e. The molecular formula is C28H44N4O4. The van der Waals surface area contributed by atoms with E-state index in [2.05, 4.69) is 43.4 Å². The molecule has 3 heterocycles. The summed E-state index contributed by atoms with van der Waals surface area (Å²) in [5.74, 6) is 1.21. The summed E-state index contributed by atoms with van der Waals surface area (Å²) in [7, 11) is 2.15. The van der Waals surface area contributed by atoms with E-state index in [-0.39, 0.29) is 35.8 Å². The molecule has 0 saturated carbocycles. The molecule has 0 spiro atoms. The minimum absolute atomic E-state index is 0.00459. The molecule has 2 amide bonds. The predicted octanol–water partition coefficient (Wildman–Crippen LogP) is 3.23. The third-order valence-corrected chi connectivity index (χ3v) is 7.89. The number of ether oxygens (including phenoxy) is 2. The van der Waals surface area contributed by atoms with Crippen molar-refractivity contribution in [1.29, 1.82) is 0 Å². The molecule has 2 saturated heterocycles. The number of carbonyl (C=O) groups excluding carboxylic acids is 2. The summed E-state index contributed by atoms with van der Waals surface area (Å²) in [5, 5.41) is 6.43. The van der Waals surface area contributed by atoms with Gasteiger partial charge in [-0.05, 0) is 77.7 Å². The molecule has 36 heavy (non-hydrogen) atoms. The van der Waals surface area contributed by atoms with Gasteiger partial charge in [-0.3, -0.25) is 9.59 Å². The highest BCUT2D eigenvalue weighted by Crippen LogP contribution is 2.35. The summed E-state index contributed by atoms with van der Waals surface area (Å²) >= 11 is 0. The summed E-state index contributed by atoms with van der Waals surface area (Å²) in [6.07, 6.45) is 3.71. The van der Waals surface area contributed by atoms with E-state index < -0.39 is 0 Å². The molecule has 1 aromatic carbocycles. The van der Waals surface area contributed by atoms with Gasteiger partial charge in [-0.25, -0.2) is 0 Å². The van der Waals surface area contributed by atoms with Crippen LogP contribution in [0.5, 0.6) is 5.75 Å². The van der Waals surface area contributed by atoms with E-state index in [1.807, 2.05) is 23.1 Å². The van der Waals surface area contributed by atoms with Gasteiger partial charge in [0.1, 0.15) is 6.10 Å². The number of amides is 2. The lowest BCUT2D eigenvalue weighted by Gasteiger charge is -2.38. The van der Waals surface area contributed by atoms with Crippen LogP contribution in [-0.4, -0.2) is 86.7 Å². The van der Waals surface area contributed by atoms with Crippen molar-refractivity contribution >= 4 is 17.5 Å². The zero-order valence-corrected chi connectivity index (χ0v) is 22.4. The molecule has 2 N–H and O–H groups in total. The van der Waals surface area contributed by atoms with Gasteiger partial charge in [0.2, 0.25) is 5.91 Å². The standard InChI is InChI=1S/C28H44N4O4/c1-19(2)32-16-20(3)25(18-31(4)17-21-10-14-35-15-11-21)36-26-23(28(32)34)6-5-7-24(26)30-27(33)22-8-12-29-13-9-22/h5-7,19-22,25,29H,8-18H2,1-4H3,(H,30,33). The first-order chi connectivity index (χ1) is 17.3. The maximum absolute atomic E-state index is 13.6. The molecule has 2 unspecified atom stereocenters. The van der Waals surface area contributed by atoms with Crippen LogP contribution in [0.25, 0.3) is 0 Å². The van der Waals surface area contributed by atoms with Crippen LogP contribution >= 0.6 is 0 Å². The van der Waals surface area contributed by atoms with Gasteiger partial charge >= 0.3 is 0 Å². The molecule has 8 heteroatoms. The van der Waals surface area contributed by atoms with Crippen LogP contribution in [0.1, 0.15) is 56.8 Å². The molecule has 2 atom stereocenters. The number of hydrogen-bond donors (Lipinski definition) is 2. The lowest BCUT2D eigenvalue weighted by Crippen LogP contribution is -2.49. The number of nitrogens with zero attached hydrogens (tertiary/aromatic N) is 2. The Kier molecular flexibility index (Phi) is 9.25. The molecule has 0 bridgehead atoms. The molecule has 3 aliphatic heterocycles. The number of fused-ring (bicyclic) bond motifs is 1. The van der Waals surface area contributed by atoms with Crippen molar-refractivity contribution in [2.45, 2.75) is 58.6 Å². The van der Waals surface area contributed by atoms with E-state index in [0.717, 1.165) is 65.1 Å². The van der Waals surface area contributed by atoms with Crippen molar-refractivity contribution in [3.05, 3.63) is 23.8 Å². The van der Waals surface area contributed by atoms with E-state index >= 15 is 0 Å². The number of likely N-dealkylation sites (N-methyl/N-ethyl adjacent to an activating group) is 1. The highest BCUT2D eigenvalue weighted by molar-refractivity contribution is 6.02. The number of benzene rings is 1. The Balaban J connectivity index is 1.58. The Labute approximate surface area is 216 Å². The summed E-state index contributed by atoms with van der Waals surface area (Å²) < 4.78 is 12.2. The van der Waals surface area contributed by atoms with Crippen LogP contribution < -0.4 is 15.4 Å². The number of nitrogens with one attached hydrogen (secondary N) is 2. The van der Waals surface area contributed by atoms with Crippen LogP contribution in [0.3, 0.4) is 0 Å². The van der Waals surface area contributed by atoms with E-state index in [0.29, 0.717) is 29.5 Å². The molecule has 200 valence electrons. The average Bonchev–Trinajstić information content (AvgIpc) is 2.87. The lowest BCUT2D eigenvalue weighted by atomic mass is 9.96. The highest BCUT2D eigenvalue weighted by Gasteiger charge is 2.34. The van der Waals surface area contributed by atoms with Gasteiger partial charge < -0.3 is 29.9 Å². The molecule has 3 aliphatic rings. The summed E-state index contributed by atoms with van der Waals surface area (Å²) in [6, 6.07) is 5.60. The quantitative estimate of drug-likeness (QED) is 0.598. The van der Waals surface area contributed by atoms with Gasteiger partial charge in [-0.2, -0.15) is 0 Å². The second-order valence-corrected chi connectivity index (χ2v) is 11.2. The van der Waals surface area contributed by atoms with E-state index in [1.54, 1.807) is 0 Å². The van der Waals surface area contributed by atoms with Crippen molar-refractivity contribution in [3.63, 3.8) is 0 Å². The highest BCUT2D eigenvalue weighted by atomic mass is 16.5. The fourth-order valence-electron chi connectivity index (χ4n) is 5.60. The van der Waals surface area contributed by atoms with Crippen LogP contribution in [-0.2, 0) is 9.53 Å². The van der Waals surface area contributed by atoms with Crippen molar-refractivity contribution in [1.82, 2.24) is 15.1 Å². The Hall–Kier alpha value is -2.16. The number of rotatable bonds is 7. The Morgan fingerprint density at radius 1 is 1.17 bits per heavy atom. The van der Waals surface area contributed by atoms with E-state index in [9.17, 15) is 9.59 Å². The maximum atomic E-state index is 13.6. The molecule has 1 aromatic rings. The van der Waals surface area contributed by atoms with Gasteiger partial charge in [0.15, 0.2) is 5.75 Å². The van der Waals surface area contributed by atoms with Crippen molar-refractivity contribution in [3.8, 4) is 5.75 Å². The molecular weight excluding hydrogens is 456 g/mol. The smallest absolute Gasteiger partial charge is 0.257 e. The summed E-state index contributed by atoms with van der Waals surface area (Å²) in [5.41, 5.74) is 1.12. The Morgan fingerprint density at radius 2 is 1.89 bits per heavy atom. The second-order valence-electron chi connectivity index (χ2n) is 11.2. The van der Waals surface area contributed by atoms with E-state index in [1.165, 1.54) is 0 Å². The van der Waals surface area contributed by atoms with Crippen LogP contribution in [0.4, 0.5) is 5.69 Å². The SMILES string of the molecule is CC1CN(C(C)C)C(=O)c2cccc(NC(=O)C3CCNCC3)c2OC1CN(C)CC1CCOCC1. The molecule has 2 fully saturated rings. The van der Waals surface area contributed by atoms with Crippen molar-refractivity contribution in [2.75, 3.05) is 58.3 Å². The third kappa shape index (κ3) is 6.58.